The molecule has 16 heteroatoms. The molecule has 10 N–H and O–H groups in total. The SMILES string of the molecule is NC[C@@H](N)CNS(=O)(=O)c1ccc(-c2cccc3[nH]c(N)nc23)c(C2=NCN=N2)c1S(N)(=O)=O. The third kappa shape index (κ3) is 4.41. The molecule has 1 atom stereocenters. The zero-order chi connectivity index (χ0) is 24.7. The molecule has 180 valence electrons. The summed E-state index contributed by atoms with van der Waals surface area (Å²) in [6.07, 6.45) is 0. The highest BCUT2D eigenvalue weighted by Crippen LogP contribution is 2.37. The average Bonchev–Trinajstić information content (AvgIpc) is 3.44. The highest BCUT2D eigenvalue weighted by Gasteiger charge is 2.33. The van der Waals surface area contributed by atoms with Crippen LogP contribution in [0.3, 0.4) is 0 Å². The minimum absolute atomic E-state index is 0.0166. The van der Waals surface area contributed by atoms with Crippen LogP contribution >= 0.6 is 0 Å². The van der Waals surface area contributed by atoms with Crippen LogP contribution in [0.25, 0.3) is 22.2 Å². The highest BCUT2D eigenvalue weighted by molar-refractivity contribution is 7.92. The molecule has 0 amide bonds. The molecular weight excluding hydrogens is 484 g/mol. The Labute approximate surface area is 194 Å². The summed E-state index contributed by atoms with van der Waals surface area (Å²) in [7, 11) is -9.00. The van der Waals surface area contributed by atoms with Crippen molar-refractivity contribution in [3.63, 3.8) is 0 Å². The van der Waals surface area contributed by atoms with Gasteiger partial charge in [-0.25, -0.2) is 36.7 Å². The molecule has 1 aromatic heterocycles. The molecule has 0 fully saturated rings. The number of nitrogens with zero attached hydrogens (tertiary/aromatic N) is 4. The normalized spacial score (nSPS) is 15.1. The summed E-state index contributed by atoms with van der Waals surface area (Å²) in [4.78, 5) is 10.0. The average molecular weight is 507 g/mol. The number of sulfonamides is 2. The van der Waals surface area contributed by atoms with Crippen molar-refractivity contribution in [2.45, 2.75) is 15.8 Å². The molecule has 14 nitrogen and oxygen atoms in total. The first-order chi connectivity index (χ1) is 16.0. The number of azo groups is 1. The number of aromatic amines is 1. The number of benzene rings is 2. The molecular formula is C18H22N10O4S2. The molecule has 1 aliphatic heterocycles. The predicted molar refractivity (Wildman–Crippen MR) is 126 cm³/mol. The van der Waals surface area contributed by atoms with Gasteiger partial charge in [0.25, 0.3) is 0 Å². The van der Waals surface area contributed by atoms with Gasteiger partial charge in [0, 0.05) is 24.7 Å². The van der Waals surface area contributed by atoms with Crippen molar-refractivity contribution in [1.29, 1.82) is 0 Å². The lowest BCUT2D eigenvalue weighted by Crippen LogP contribution is -2.42. The van der Waals surface area contributed by atoms with Crippen LogP contribution in [0.2, 0.25) is 0 Å². The van der Waals surface area contributed by atoms with Gasteiger partial charge in [0.15, 0.2) is 18.5 Å². The van der Waals surface area contributed by atoms with Gasteiger partial charge in [0.05, 0.1) is 16.6 Å². The molecule has 0 aliphatic carbocycles. The number of para-hydroxylation sites is 1. The number of rotatable bonds is 8. The van der Waals surface area contributed by atoms with Crippen LogP contribution in [0.4, 0.5) is 5.95 Å². The zero-order valence-electron chi connectivity index (χ0n) is 17.6. The molecule has 34 heavy (non-hydrogen) atoms. The number of fused-ring (bicyclic) bond motifs is 1. The summed E-state index contributed by atoms with van der Waals surface area (Å²) in [5, 5.41) is 13.2. The van der Waals surface area contributed by atoms with Gasteiger partial charge in [0.1, 0.15) is 9.79 Å². The summed E-state index contributed by atoms with van der Waals surface area (Å²) in [6, 6.07) is 7.00. The Balaban J connectivity index is 2.05. The van der Waals surface area contributed by atoms with E-state index in [1.165, 1.54) is 6.07 Å². The largest absolute Gasteiger partial charge is 0.369 e. The molecule has 0 saturated carbocycles. The zero-order valence-corrected chi connectivity index (χ0v) is 19.3. The topological polar surface area (TPSA) is 250 Å². The smallest absolute Gasteiger partial charge is 0.241 e. The van der Waals surface area contributed by atoms with Gasteiger partial charge in [-0.15, -0.1) is 5.11 Å². The van der Waals surface area contributed by atoms with Crippen LogP contribution < -0.4 is 27.1 Å². The monoisotopic (exact) mass is 506 g/mol. The number of H-pyrrole nitrogens is 1. The fraction of sp³-hybridized carbons (Fsp3) is 0.222. The number of hydrogen-bond donors (Lipinski definition) is 6. The summed E-state index contributed by atoms with van der Waals surface area (Å²) in [6.45, 7) is -0.256. The van der Waals surface area contributed by atoms with E-state index >= 15 is 0 Å². The van der Waals surface area contributed by atoms with E-state index in [1.807, 2.05) is 0 Å². The van der Waals surface area contributed by atoms with Crippen LogP contribution in [-0.4, -0.2) is 58.4 Å². The van der Waals surface area contributed by atoms with E-state index in [2.05, 4.69) is 29.9 Å². The molecule has 0 radical (unpaired) electrons. The van der Waals surface area contributed by atoms with E-state index in [0.717, 1.165) is 6.07 Å². The maximum absolute atomic E-state index is 13.1. The Bertz CT molecular complexity index is 1540. The van der Waals surface area contributed by atoms with E-state index in [-0.39, 0.29) is 42.7 Å². The number of imidazole rings is 1. The minimum atomic E-state index is -4.62. The molecule has 0 saturated heterocycles. The fourth-order valence-corrected chi connectivity index (χ4v) is 6.20. The number of primary sulfonamides is 1. The molecule has 4 rings (SSSR count). The molecule has 0 bridgehead atoms. The Morgan fingerprint density at radius 2 is 1.88 bits per heavy atom. The highest BCUT2D eigenvalue weighted by atomic mass is 32.2. The summed E-state index contributed by atoms with van der Waals surface area (Å²) >= 11 is 0. The van der Waals surface area contributed by atoms with E-state index < -0.39 is 35.9 Å². The van der Waals surface area contributed by atoms with E-state index in [4.69, 9.17) is 22.3 Å². The van der Waals surface area contributed by atoms with Crippen molar-refractivity contribution < 1.29 is 16.8 Å². The van der Waals surface area contributed by atoms with Crippen molar-refractivity contribution in [2.24, 2.45) is 31.8 Å². The lowest BCUT2D eigenvalue weighted by Gasteiger charge is -2.18. The van der Waals surface area contributed by atoms with Gasteiger partial charge in [-0.2, -0.15) is 5.11 Å². The first-order valence-corrected chi connectivity index (χ1v) is 12.9. The quantitative estimate of drug-likeness (QED) is 0.225. The van der Waals surface area contributed by atoms with Crippen molar-refractivity contribution in [2.75, 3.05) is 25.5 Å². The van der Waals surface area contributed by atoms with Crippen LogP contribution in [-0.2, 0) is 20.0 Å². The van der Waals surface area contributed by atoms with E-state index in [9.17, 15) is 16.8 Å². The number of nitrogen functional groups attached to an aromatic ring is 1. The second kappa shape index (κ2) is 8.82. The number of hydrogen-bond acceptors (Lipinski definition) is 11. The van der Waals surface area contributed by atoms with Crippen molar-refractivity contribution in [3.8, 4) is 11.1 Å². The first-order valence-electron chi connectivity index (χ1n) is 9.85. The standard InChI is InChI=1S/C18H22N10O4S2/c19-6-9(20)7-25-34(31,32)13-5-4-10(11-2-1-3-12-15(11)27-18(21)26-12)14(16(13)33(22,29)30)17-23-8-24-28-17/h1-5,9,25H,6-8,19-20H2,(H3,21,26,27)(H2,22,29,30)/t9-/m1/s1. The fourth-order valence-electron chi connectivity index (χ4n) is 3.51. The predicted octanol–water partition coefficient (Wildman–Crippen LogP) is -0.806. The maximum atomic E-state index is 13.1. The van der Waals surface area contributed by atoms with Crippen LogP contribution in [0.5, 0.6) is 0 Å². The van der Waals surface area contributed by atoms with Crippen molar-refractivity contribution in [3.05, 3.63) is 35.9 Å². The summed E-state index contributed by atoms with van der Waals surface area (Å²) in [5.41, 5.74) is 18.6. The molecule has 3 aromatic rings. The van der Waals surface area contributed by atoms with Crippen molar-refractivity contribution >= 4 is 42.9 Å². The summed E-state index contributed by atoms with van der Waals surface area (Å²) in [5.74, 6) is 0.0588. The summed E-state index contributed by atoms with van der Waals surface area (Å²) < 4.78 is 54.0. The molecule has 2 aromatic carbocycles. The lowest BCUT2D eigenvalue weighted by molar-refractivity contribution is 0.563. The Kier molecular flexibility index (Phi) is 6.19. The van der Waals surface area contributed by atoms with Crippen LogP contribution in [0, 0.1) is 0 Å². The van der Waals surface area contributed by atoms with Gasteiger partial charge in [-0.3, -0.25) is 0 Å². The minimum Gasteiger partial charge on any atom is -0.369 e. The van der Waals surface area contributed by atoms with Gasteiger partial charge < -0.3 is 22.2 Å². The maximum Gasteiger partial charge on any atom is 0.241 e. The second-order valence-electron chi connectivity index (χ2n) is 7.40. The van der Waals surface area contributed by atoms with E-state index in [1.54, 1.807) is 18.2 Å². The van der Waals surface area contributed by atoms with Gasteiger partial charge in [0.2, 0.25) is 20.0 Å². The molecule has 0 unspecified atom stereocenters. The third-order valence-corrected chi connectivity index (χ3v) is 7.62. The number of nitrogens with one attached hydrogen (secondary N) is 2. The number of amidine groups is 1. The Morgan fingerprint density at radius 1 is 1.12 bits per heavy atom. The molecule has 2 heterocycles. The lowest BCUT2D eigenvalue weighted by atomic mass is 9.97. The van der Waals surface area contributed by atoms with E-state index in [0.29, 0.717) is 16.6 Å². The number of aliphatic imine (C=N–C) groups is 1. The Hall–Kier alpha value is -3.28. The van der Waals surface area contributed by atoms with Gasteiger partial charge in [-0.05, 0) is 17.7 Å². The first kappa shape index (κ1) is 23.9. The third-order valence-electron chi connectivity index (χ3n) is 5.03. The Morgan fingerprint density at radius 3 is 2.53 bits per heavy atom. The molecule has 0 spiro atoms. The van der Waals surface area contributed by atoms with Gasteiger partial charge in [-0.1, -0.05) is 18.2 Å². The van der Waals surface area contributed by atoms with Crippen molar-refractivity contribution in [1.82, 2.24) is 14.7 Å². The molecule has 1 aliphatic rings. The van der Waals surface area contributed by atoms with Crippen LogP contribution in [0.1, 0.15) is 5.56 Å². The second-order valence-corrected chi connectivity index (χ2v) is 10.6. The van der Waals surface area contributed by atoms with Crippen LogP contribution in [0.15, 0.2) is 55.3 Å². The van der Waals surface area contributed by atoms with Gasteiger partial charge >= 0.3 is 0 Å². The number of nitrogens with two attached hydrogens (primary N) is 4. The number of anilines is 1. The number of aromatic nitrogens is 2.